The van der Waals surface area contributed by atoms with Crippen molar-refractivity contribution in [2.24, 2.45) is 0 Å². The van der Waals surface area contributed by atoms with E-state index in [4.69, 9.17) is 9.47 Å². The summed E-state index contributed by atoms with van der Waals surface area (Å²) in [4.78, 5) is 0. The van der Waals surface area contributed by atoms with Crippen LogP contribution in [0.25, 0.3) is 0 Å². The second-order valence-electron chi connectivity index (χ2n) is 4.63. The van der Waals surface area contributed by atoms with Gasteiger partial charge in [-0.15, -0.1) is 0 Å². The summed E-state index contributed by atoms with van der Waals surface area (Å²) in [6.45, 7) is 5.02. The Morgan fingerprint density at radius 2 is 1.75 bits per heavy atom. The van der Waals surface area contributed by atoms with E-state index in [2.05, 4.69) is 5.32 Å². The van der Waals surface area contributed by atoms with Gasteiger partial charge in [0.2, 0.25) is 0 Å². The number of hydrogen-bond acceptors (Lipinski definition) is 3. The largest absolute Gasteiger partial charge is 0.411 e. The van der Waals surface area contributed by atoms with Gasteiger partial charge in [0.25, 0.3) is 0 Å². The zero-order chi connectivity index (χ0) is 12.8. The lowest BCUT2D eigenvalue weighted by atomic mass is 10.1. The lowest BCUT2D eigenvalue weighted by Crippen LogP contribution is -2.43. The molecule has 6 heteroatoms. The zero-order valence-electron chi connectivity index (χ0n) is 10.1. The maximum absolute atomic E-state index is 11.9. The predicted octanol–water partition coefficient (Wildman–Crippen LogP) is 1.97. The number of hydrogen-bond donors (Lipinski definition) is 1. The van der Waals surface area contributed by atoms with Crippen LogP contribution in [0.2, 0.25) is 0 Å². The first-order valence-corrected chi connectivity index (χ1v) is 5.06. The monoisotopic (exact) mass is 243 g/mol. The van der Waals surface area contributed by atoms with Gasteiger partial charge in [0.05, 0.1) is 12.7 Å². The first-order chi connectivity index (χ1) is 7.14. The van der Waals surface area contributed by atoms with Gasteiger partial charge in [0, 0.05) is 19.2 Å². The number of ether oxygens (including phenoxy) is 2. The Balaban J connectivity index is 3.98. The molecule has 0 amide bonds. The minimum absolute atomic E-state index is 0.138. The molecule has 1 atom stereocenters. The quantitative estimate of drug-likeness (QED) is 0.773. The number of nitrogens with one attached hydrogen (secondary N) is 1. The van der Waals surface area contributed by atoms with Crippen molar-refractivity contribution in [3.05, 3.63) is 0 Å². The van der Waals surface area contributed by atoms with Gasteiger partial charge in [0.15, 0.2) is 0 Å². The molecule has 0 aromatic rings. The molecule has 0 rings (SSSR count). The van der Waals surface area contributed by atoms with Crippen molar-refractivity contribution < 1.29 is 22.6 Å². The molecule has 0 radical (unpaired) electrons. The van der Waals surface area contributed by atoms with Crippen LogP contribution in [0.4, 0.5) is 13.2 Å². The average molecular weight is 243 g/mol. The smallest absolute Gasteiger partial charge is 0.382 e. The van der Waals surface area contributed by atoms with Crippen LogP contribution in [-0.4, -0.2) is 44.7 Å². The Kier molecular flexibility index (Phi) is 6.28. The van der Waals surface area contributed by atoms with E-state index < -0.39 is 18.9 Å². The van der Waals surface area contributed by atoms with Crippen molar-refractivity contribution in [3.8, 4) is 0 Å². The van der Waals surface area contributed by atoms with E-state index in [-0.39, 0.29) is 12.1 Å². The maximum atomic E-state index is 11.9. The summed E-state index contributed by atoms with van der Waals surface area (Å²) in [6.07, 6.45) is -4.89. The first-order valence-electron chi connectivity index (χ1n) is 5.06. The van der Waals surface area contributed by atoms with Crippen LogP contribution >= 0.6 is 0 Å². The van der Waals surface area contributed by atoms with Crippen molar-refractivity contribution in [3.63, 3.8) is 0 Å². The van der Waals surface area contributed by atoms with Gasteiger partial charge in [-0.2, -0.15) is 13.2 Å². The molecule has 3 nitrogen and oxygen atoms in total. The fourth-order valence-corrected chi connectivity index (χ4v) is 0.984. The normalized spacial score (nSPS) is 15.2. The second kappa shape index (κ2) is 6.42. The number of rotatable bonds is 6. The molecular formula is C10H20F3NO2. The van der Waals surface area contributed by atoms with Crippen molar-refractivity contribution >= 4 is 0 Å². The van der Waals surface area contributed by atoms with Gasteiger partial charge in [-0.05, 0) is 20.8 Å². The van der Waals surface area contributed by atoms with Crippen molar-refractivity contribution in [2.45, 2.75) is 38.6 Å². The van der Waals surface area contributed by atoms with Crippen LogP contribution < -0.4 is 5.32 Å². The van der Waals surface area contributed by atoms with Gasteiger partial charge >= 0.3 is 6.18 Å². The predicted molar refractivity (Wildman–Crippen MR) is 55.4 cm³/mol. The number of methoxy groups -OCH3 is 1. The van der Waals surface area contributed by atoms with E-state index >= 15 is 0 Å². The molecule has 0 fully saturated rings. The molecule has 0 aromatic heterocycles. The molecule has 98 valence electrons. The summed E-state index contributed by atoms with van der Waals surface area (Å²) >= 11 is 0. The molecule has 16 heavy (non-hydrogen) atoms. The third-order valence-electron chi connectivity index (χ3n) is 1.70. The third-order valence-corrected chi connectivity index (χ3v) is 1.70. The standard InChI is InChI=1S/C10H20F3NO2/c1-9(2,3)14-5-8(6-15-4)16-7-10(11,12)13/h8,14H,5-7H2,1-4H3. The number of halogens is 3. The van der Waals surface area contributed by atoms with Crippen molar-refractivity contribution in [2.75, 3.05) is 26.9 Å². The van der Waals surface area contributed by atoms with Gasteiger partial charge in [-0.1, -0.05) is 0 Å². The molecule has 1 unspecified atom stereocenters. The van der Waals surface area contributed by atoms with E-state index in [0.29, 0.717) is 6.54 Å². The summed E-state index contributed by atoms with van der Waals surface area (Å²) < 4.78 is 45.4. The molecule has 1 N–H and O–H groups in total. The third kappa shape index (κ3) is 10.2. The summed E-state index contributed by atoms with van der Waals surface area (Å²) in [6, 6.07) is 0. The van der Waals surface area contributed by atoms with Crippen molar-refractivity contribution in [1.29, 1.82) is 0 Å². The van der Waals surface area contributed by atoms with Crippen LogP contribution in [0.1, 0.15) is 20.8 Å². The Bertz CT molecular complexity index is 171. The molecule has 0 aromatic carbocycles. The molecule has 0 saturated heterocycles. The topological polar surface area (TPSA) is 30.5 Å². The number of alkyl halides is 3. The minimum atomic E-state index is -4.30. The lowest BCUT2D eigenvalue weighted by Gasteiger charge is -2.25. The highest BCUT2D eigenvalue weighted by Crippen LogP contribution is 2.15. The van der Waals surface area contributed by atoms with Crippen LogP contribution in [0.3, 0.4) is 0 Å². The summed E-state index contributed by atoms with van der Waals surface area (Å²) in [7, 11) is 1.43. The molecule has 0 saturated carbocycles. The summed E-state index contributed by atoms with van der Waals surface area (Å²) in [5, 5.41) is 3.07. The van der Waals surface area contributed by atoms with Gasteiger partial charge in [-0.25, -0.2) is 0 Å². The molecular weight excluding hydrogens is 223 g/mol. The van der Waals surface area contributed by atoms with E-state index in [1.165, 1.54) is 7.11 Å². The Morgan fingerprint density at radius 3 is 2.12 bits per heavy atom. The van der Waals surface area contributed by atoms with E-state index in [9.17, 15) is 13.2 Å². The Labute approximate surface area is 94.3 Å². The lowest BCUT2D eigenvalue weighted by molar-refractivity contribution is -0.189. The maximum Gasteiger partial charge on any atom is 0.411 e. The highest BCUT2D eigenvalue weighted by atomic mass is 19.4. The average Bonchev–Trinajstić information content (AvgIpc) is 2.07. The van der Waals surface area contributed by atoms with Crippen LogP contribution in [-0.2, 0) is 9.47 Å². The summed E-state index contributed by atoms with van der Waals surface area (Å²) in [5.74, 6) is 0. The molecule has 0 heterocycles. The van der Waals surface area contributed by atoms with Crippen LogP contribution in [0, 0.1) is 0 Å². The minimum Gasteiger partial charge on any atom is -0.382 e. The summed E-state index contributed by atoms with van der Waals surface area (Å²) in [5.41, 5.74) is -0.159. The SMILES string of the molecule is COCC(CNC(C)(C)C)OCC(F)(F)F. The van der Waals surface area contributed by atoms with Crippen LogP contribution in [0.15, 0.2) is 0 Å². The van der Waals surface area contributed by atoms with E-state index in [1.807, 2.05) is 20.8 Å². The fraction of sp³-hybridized carbons (Fsp3) is 1.00. The molecule has 0 bridgehead atoms. The van der Waals surface area contributed by atoms with E-state index in [0.717, 1.165) is 0 Å². The van der Waals surface area contributed by atoms with Gasteiger partial charge in [-0.3, -0.25) is 0 Å². The van der Waals surface area contributed by atoms with Crippen LogP contribution in [0.5, 0.6) is 0 Å². The molecule has 0 spiro atoms. The first kappa shape index (κ1) is 15.7. The highest BCUT2D eigenvalue weighted by molar-refractivity contribution is 4.73. The zero-order valence-corrected chi connectivity index (χ0v) is 10.1. The molecule has 0 aliphatic heterocycles. The van der Waals surface area contributed by atoms with Gasteiger partial charge < -0.3 is 14.8 Å². The fourth-order valence-electron chi connectivity index (χ4n) is 0.984. The Morgan fingerprint density at radius 1 is 1.19 bits per heavy atom. The second-order valence-corrected chi connectivity index (χ2v) is 4.63. The highest BCUT2D eigenvalue weighted by Gasteiger charge is 2.29. The van der Waals surface area contributed by atoms with E-state index in [1.54, 1.807) is 0 Å². The molecule has 0 aliphatic carbocycles. The van der Waals surface area contributed by atoms with Crippen molar-refractivity contribution in [1.82, 2.24) is 5.32 Å². The van der Waals surface area contributed by atoms with Gasteiger partial charge in [0.1, 0.15) is 6.61 Å². The Hall–Kier alpha value is -0.330. The molecule has 0 aliphatic rings.